The van der Waals surface area contributed by atoms with Crippen molar-refractivity contribution < 1.29 is 4.42 Å². The molecule has 0 radical (unpaired) electrons. The van der Waals surface area contributed by atoms with Gasteiger partial charge in [-0.3, -0.25) is 0 Å². The van der Waals surface area contributed by atoms with Gasteiger partial charge in [0.25, 0.3) is 0 Å². The van der Waals surface area contributed by atoms with Crippen molar-refractivity contribution in [3.63, 3.8) is 0 Å². The fourth-order valence-electron chi connectivity index (χ4n) is 2.06. The van der Waals surface area contributed by atoms with Crippen LogP contribution < -0.4 is 5.32 Å². The molecule has 0 aliphatic rings. The zero-order chi connectivity index (χ0) is 12.8. The lowest BCUT2D eigenvalue weighted by Crippen LogP contribution is -2.24. The molecular weight excluding hydrogens is 222 g/mol. The predicted molar refractivity (Wildman–Crippen MR) is 74.3 cm³/mol. The monoisotopic (exact) mass is 241 g/mol. The van der Waals surface area contributed by atoms with Crippen molar-refractivity contribution in [2.45, 2.75) is 25.4 Å². The number of benzene rings is 1. The molecule has 2 aromatic rings. The highest BCUT2D eigenvalue weighted by atomic mass is 16.3. The van der Waals surface area contributed by atoms with Crippen LogP contribution in [0.25, 0.3) is 0 Å². The zero-order valence-electron chi connectivity index (χ0n) is 10.7. The number of hydrogen-bond acceptors (Lipinski definition) is 2. The summed E-state index contributed by atoms with van der Waals surface area (Å²) in [5.41, 5.74) is 1.28. The first-order chi connectivity index (χ1) is 8.81. The lowest BCUT2D eigenvalue weighted by molar-refractivity contribution is 0.385. The van der Waals surface area contributed by atoms with Gasteiger partial charge in [-0.15, -0.1) is 6.58 Å². The number of furan rings is 1. The third-order valence-electron chi connectivity index (χ3n) is 3.04. The first-order valence-electron chi connectivity index (χ1n) is 6.26. The Hall–Kier alpha value is -1.80. The molecule has 1 heterocycles. The van der Waals surface area contributed by atoms with Crippen LogP contribution in [0.5, 0.6) is 0 Å². The van der Waals surface area contributed by atoms with E-state index in [0.29, 0.717) is 0 Å². The molecule has 18 heavy (non-hydrogen) atoms. The highest BCUT2D eigenvalue weighted by Crippen LogP contribution is 2.22. The summed E-state index contributed by atoms with van der Waals surface area (Å²) in [6.07, 6.45) is 4.48. The Kier molecular flexibility index (Phi) is 4.37. The Labute approximate surface area is 108 Å². The van der Waals surface area contributed by atoms with Crippen molar-refractivity contribution in [3.8, 4) is 0 Å². The summed E-state index contributed by atoms with van der Waals surface area (Å²) in [5, 5.41) is 3.57. The van der Waals surface area contributed by atoms with Crippen LogP contribution >= 0.6 is 0 Å². The van der Waals surface area contributed by atoms with E-state index in [-0.39, 0.29) is 12.1 Å². The lowest BCUT2D eigenvalue weighted by atomic mass is 10.1. The maximum Gasteiger partial charge on any atom is 0.121 e. The van der Waals surface area contributed by atoms with E-state index in [2.05, 4.69) is 43.1 Å². The van der Waals surface area contributed by atoms with Crippen LogP contribution in [0.2, 0.25) is 0 Å². The molecule has 0 unspecified atom stereocenters. The minimum atomic E-state index is 0.174. The Morgan fingerprint density at radius 1 is 1.22 bits per heavy atom. The first-order valence-corrected chi connectivity index (χ1v) is 6.26. The molecule has 0 aliphatic heterocycles. The van der Waals surface area contributed by atoms with Gasteiger partial charge < -0.3 is 9.73 Å². The summed E-state index contributed by atoms with van der Waals surface area (Å²) < 4.78 is 5.47. The van der Waals surface area contributed by atoms with E-state index >= 15 is 0 Å². The summed E-state index contributed by atoms with van der Waals surface area (Å²) in [6.45, 7) is 5.97. The van der Waals surface area contributed by atoms with Gasteiger partial charge >= 0.3 is 0 Å². The van der Waals surface area contributed by atoms with Gasteiger partial charge in [0.1, 0.15) is 5.76 Å². The molecule has 0 aliphatic carbocycles. The Bertz CT molecular complexity index is 461. The van der Waals surface area contributed by atoms with E-state index in [1.165, 1.54) is 5.56 Å². The van der Waals surface area contributed by atoms with Crippen molar-refractivity contribution >= 4 is 0 Å². The van der Waals surface area contributed by atoms with Crippen LogP contribution in [0.3, 0.4) is 0 Å². The first kappa shape index (κ1) is 12.7. The molecule has 0 bridgehead atoms. The van der Waals surface area contributed by atoms with Crippen LogP contribution in [0.15, 0.2) is 65.8 Å². The maximum absolute atomic E-state index is 5.47. The summed E-state index contributed by atoms with van der Waals surface area (Å²) >= 11 is 0. The predicted octanol–water partition coefficient (Wildman–Crippen LogP) is 4.25. The van der Waals surface area contributed by atoms with Gasteiger partial charge in [-0.25, -0.2) is 0 Å². The van der Waals surface area contributed by atoms with Gasteiger partial charge in [-0.2, -0.15) is 0 Å². The molecule has 0 fully saturated rings. The molecule has 1 N–H and O–H groups in total. The van der Waals surface area contributed by atoms with Gasteiger partial charge in [-0.05, 0) is 31.0 Å². The second-order valence-electron chi connectivity index (χ2n) is 4.39. The lowest BCUT2D eigenvalue weighted by Gasteiger charge is -2.21. The van der Waals surface area contributed by atoms with E-state index < -0.39 is 0 Å². The molecule has 0 saturated carbocycles. The fraction of sp³-hybridized carbons (Fsp3) is 0.250. The molecule has 1 aromatic heterocycles. The second-order valence-corrected chi connectivity index (χ2v) is 4.39. The molecule has 2 atom stereocenters. The molecule has 2 heteroatoms. The smallest absolute Gasteiger partial charge is 0.121 e. The largest absolute Gasteiger partial charge is 0.468 e. The van der Waals surface area contributed by atoms with Crippen molar-refractivity contribution in [1.29, 1.82) is 0 Å². The Balaban J connectivity index is 2.07. The molecular formula is C16H19NO. The molecule has 2 rings (SSSR count). The summed E-state index contributed by atoms with van der Waals surface area (Å²) in [6, 6.07) is 14.8. The van der Waals surface area contributed by atoms with Crippen molar-refractivity contribution in [3.05, 3.63) is 72.7 Å². The van der Waals surface area contributed by atoms with Crippen LogP contribution in [-0.4, -0.2) is 0 Å². The van der Waals surface area contributed by atoms with Gasteiger partial charge in [0.2, 0.25) is 0 Å². The topological polar surface area (TPSA) is 25.2 Å². The van der Waals surface area contributed by atoms with Gasteiger partial charge in [0.15, 0.2) is 0 Å². The van der Waals surface area contributed by atoms with E-state index in [4.69, 9.17) is 4.42 Å². The van der Waals surface area contributed by atoms with Crippen LogP contribution in [0, 0.1) is 0 Å². The highest BCUT2D eigenvalue weighted by Gasteiger charge is 2.16. The summed E-state index contributed by atoms with van der Waals surface area (Å²) in [5.74, 6) is 0.956. The van der Waals surface area contributed by atoms with Crippen LogP contribution in [0.4, 0.5) is 0 Å². The van der Waals surface area contributed by atoms with Crippen molar-refractivity contribution in [2.75, 3.05) is 0 Å². The number of hydrogen-bond donors (Lipinski definition) is 1. The molecule has 2 nitrogen and oxygen atoms in total. The minimum absolute atomic E-state index is 0.174. The number of nitrogens with one attached hydrogen (secondary N) is 1. The summed E-state index contributed by atoms with van der Waals surface area (Å²) in [4.78, 5) is 0. The SMILES string of the molecule is C=CC[C@@H](N[C@@H](C)c1ccccc1)c1ccco1. The molecule has 0 amide bonds. The highest BCUT2D eigenvalue weighted by molar-refractivity contribution is 5.19. The average Bonchev–Trinajstić information content (AvgIpc) is 2.93. The molecule has 0 saturated heterocycles. The van der Waals surface area contributed by atoms with Crippen molar-refractivity contribution in [2.24, 2.45) is 0 Å². The fourth-order valence-corrected chi connectivity index (χ4v) is 2.06. The molecule has 94 valence electrons. The number of rotatable bonds is 6. The Morgan fingerprint density at radius 3 is 2.61 bits per heavy atom. The van der Waals surface area contributed by atoms with E-state index in [1.54, 1.807) is 6.26 Å². The quantitative estimate of drug-likeness (QED) is 0.765. The Morgan fingerprint density at radius 2 is 2.00 bits per heavy atom. The van der Waals surface area contributed by atoms with E-state index in [9.17, 15) is 0 Å². The average molecular weight is 241 g/mol. The standard InChI is InChI=1S/C16H19NO/c1-3-8-15(16-11-7-12-18-16)17-13(2)14-9-5-4-6-10-14/h3-7,9-13,15,17H,1,8H2,2H3/t13-,15+/m0/s1. The zero-order valence-corrected chi connectivity index (χ0v) is 10.7. The van der Waals surface area contributed by atoms with Gasteiger partial charge in [0, 0.05) is 6.04 Å². The summed E-state index contributed by atoms with van der Waals surface area (Å²) in [7, 11) is 0. The van der Waals surface area contributed by atoms with Gasteiger partial charge in [0.05, 0.1) is 12.3 Å². The van der Waals surface area contributed by atoms with Crippen LogP contribution in [-0.2, 0) is 0 Å². The molecule has 1 aromatic carbocycles. The van der Waals surface area contributed by atoms with E-state index in [0.717, 1.165) is 12.2 Å². The normalized spacial score (nSPS) is 14.1. The minimum Gasteiger partial charge on any atom is -0.468 e. The second kappa shape index (κ2) is 6.22. The maximum atomic E-state index is 5.47. The van der Waals surface area contributed by atoms with Crippen LogP contribution in [0.1, 0.15) is 36.8 Å². The molecule has 0 spiro atoms. The third-order valence-corrected chi connectivity index (χ3v) is 3.04. The van der Waals surface area contributed by atoms with Crippen molar-refractivity contribution in [1.82, 2.24) is 5.32 Å². The van der Waals surface area contributed by atoms with Gasteiger partial charge in [-0.1, -0.05) is 36.4 Å². The van der Waals surface area contributed by atoms with E-state index in [1.807, 2.05) is 24.3 Å². The third kappa shape index (κ3) is 3.11.